The van der Waals surface area contributed by atoms with Crippen molar-refractivity contribution in [1.29, 1.82) is 0 Å². The third kappa shape index (κ3) is 10.1. The van der Waals surface area contributed by atoms with E-state index in [4.69, 9.17) is 9.47 Å². The lowest BCUT2D eigenvalue weighted by Crippen LogP contribution is -2.02. The van der Waals surface area contributed by atoms with Gasteiger partial charge >= 0.3 is 0 Å². The van der Waals surface area contributed by atoms with Crippen LogP contribution in [0.25, 0.3) is 11.1 Å². The van der Waals surface area contributed by atoms with Crippen LogP contribution in [0.1, 0.15) is 97.3 Å². The fourth-order valence-electron chi connectivity index (χ4n) is 3.91. The van der Waals surface area contributed by atoms with Gasteiger partial charge in [0.15, 0.2) is 11.6 Å². The Morgan fingerprint density at radius 2 is 1.06 bits per heavy atom. The van der Waals surface area contributed by atoms with E-state index in [0.717, 1.165) is 31.4 Å². The first-order valence-electron chi connectivity index (χ1n) is 13.0. The number of rotatable bonds is 18. The van der Waals surface area contributed by atoms with Gasteiger partial charge in [-0.1, -0.05) is 96.6 Å². The molecule has 0 atom stereocenters. The summed E-state index contributed by atoms with van der Waals surface area (Å²) in [4.78, 5) is 0. The fraction of sp³-hybridized carbons (Fsp3) is 0.586. The molecule has 2 nitrogen and oxygen atoms in total. The summed E-state index contributed by atoms with van der Waals surface area (Å²) in [5.74, 6) is -1.05. The van der Waals surface area contributed by atoms with Crippen LogP contribution in [0.5, 0.6) is 11.5 Å². The molecule has 0 aliphatic heterocycles. The third-order valence-corrected chi connectivity index (χ3v) is 5.98. The zero-order chi connectivity index (χ0) is 23.7. The van der Waals surface area contributed by atoms with Gasteiger partial charge in [0.2, 0.25) is 5.82 Å². The molecule has 0 aromatic heterocycles. The number of halogens is 2. The van der Waals surface area contributed by atoms with Crippen molar-refractivity contribution >= 4 is 0 Å². The summed E-state index contributed by atoms with van der Waals surface area (Å²) in [7, 11) is 0. The number of hydrogen-bond donors (Lipinski definition) is 0. The lowest BCUT2D eigenvalue weighted by atomic mass is 10.0. The van der Waals surface area contributed by atoms with Crippen LogP contribution < -0.4 is 9.47 Å². The SMILES string of the molecule is CCCCCCCCCOc1ccc(-c2ccc(OCCCCCCCC)cc2)c(F)c1F. The molecule has 0 bridgehead atoms. The summed E-state index contributed by atoms with van der Waals surface area (Å²) in [6.45, 7) is 5.51. The predicted molar refractivity (Wildman–Crippen MR) is 134 cm³/mol. The van der Waals surface area contributed by atoms with E-state index in [2.05, 4.69) is 13.8 Å². The highest BCUT2D eigenvalue weighted by Crippen LogP contribution is 2.31. The Morgan fingerprint density at radius 1 is 0.545 bits per heavy atom. The monoisotopic (exact) mass is 460 g/mol. The highest BCUT2D eigenvalue weighted by molar-refractivity contribution is 5.66. The summed E-state index contributed by atoms with van der Waals surface area (Å²) in [6, 6.07) is 10.3. The van der Waals surface area contributed by atoms with Crippen molar-refractivity contribution in [3.05, 3.63) is 48.0 Å². The minimum absolute atomic E-state index is 0.0128. The van der Waals surface area contributed by atoms with Crippen LogP contribution in [0, 0.1) is 11.6 Å². The zero-order valence-electron chi connectivity index (χ0n) is 20.6. The Kier molecular flexibility index (Phi) is 13.6. The highest BCUT2D eigenvalue weighted by Gasteiger charge is 2.16. The zero-order valence-corrected chi connectivity index (χ0v) is 20.6. The molecule has 2 rings (SSSR count). The molecule has 0 N–H and O–H groups in total. The normalized spacial score (nSPS) is 11.0. The molecule has 2 aromatic carbocycles. The van der Waals surface area contributed by atoms with E-state index in [1.54, 1.807) is 18.2 Å². The van der Waals surface area contributed by atoms with E-state index in [-0.39, 0.29) is 11.3 Å². The molecule has 0 spiro atoms. The van der Waals surface area contributed by atoms with Crippen molar-refractivity contribution in [2.75, 3.05) is 13.2 Å². The lowest BCUT2D eigenvalue weighted by Gasteiger charge is -2.11. The van der Waals surface area contributed by atoms with Crippen molar-refractivity contribution in [2.45, 2.75) is 97.3 Å². The average molecular weight is 461 g/mol. The molecule has 0 radical (unpaired) electrons. The van der Waals surface area contributed by atoms with Gasteiger partial charge in [0.05, 0.1) is 13.2 Å². The van der Waals surface area contributed by atoms with Gasteiger partial charge in [-0.05, 0) is 42.7 Å². The average Bonchev–Trinajstić information content (AvgIpc) is 2.83. The first-order chi connectivity index (χ1) is 16.2. The van der Waals surface area contributed by atoms with Crippen LogP contribution in [0.4, 0.5) is 8.78 Å². The Labute approximate surface area is 199 Å². The lowest BCUT2D eigenvalue weighted by molar-refractivity contribution is 0.285. The largest absolute Gasteiger partial charge is 0.494 e. The van der Waals surface area contributed by atoms with Crippen LogP contribution in [0.15, 0.2) is 36.4 Å². The summed E-state index contributed by atoms with van der Waals surface area (Å²) >= 11 is 0. The van der Waals surface area contributed by atoms with Crippen LogP contribution in [0.2, 0.25) is 0 Å². The number of hydrogen-bond acceptors (Lipinski definition) is 2. The molecule has 0 aliphatic rings. The minimum atomic E-state index is -0.918. The maximum absolute atomic E-state index is 14.7. The van der Waals surface area contributed by atoms with E-state index in [1.807, 2.05) is 12.1 Å². The van der Waals surface area contributed by atoms with Gasteiger partial charge in [0.1, 0.15) is 5.75 Å². The molecule has 0 saturated heterocycles. The van der Waals surface area contributed by atoms with Gasteiger partial charge < -0.3 is 9.47 Å². The summed E-state index contributed by atoms with van der Waals surface area (Å²) in [6.07, 6.45) is 15.4. The van der Waals surface area contributed by atoms with Crippen molar-refractivity contribution in [1.82, 2.24) is 0 Å². The summed E-state index contributed by atoms with van der Waals surface area (Å²) in [5.41, 5.74) is 0.857. The third-order valence-electron chi connectivity index (χ3n) is 5.98. The molecule has 0 heterocycles. The number of benzene rings is 2. The molecule has 0 saturated carbocycles. The second kappa shape index (κ2) is 16.5. The summed E-state index contributed by atoms with van der Waals surface area (Å²) in [5, 5.41) is 0. The number of unbranched alkanes of at least 4 members (excludes halogenated alkanes) is 11. The van der Waals surface area contributed by atoms with Gasteiger partial charge in [-0.25, -0.2) is 4.39 Å². The molecule has 0 aliphatic carbocycles. The number of ether oxygens (including phenoxy) is 2. The molecular weight excluding hydrogens is 418 g/mol. The quantitative estimate of drug-likeness (QED) is 0.206. The molecule has 4 heteroatoms. The minimum Gasteiger partial charge on any atom is -0.494 e. The molecule has 0 unspecified atom stereocenters. The van der Waals surface area contributed by atoms with Crippen LogP contribution in [0.3, 0.4) is 0 Å². The molecule has 184 valence electrons. The van der Waals surface area contributed by atoms with Gasteiger partial charge in [-0.3, -0.25) is 0 Å². The van der Waals surface area contributed by atoms with E-state index < -0.39 is 11.6 Å². The standard InChI is InChI=1S/C29H42F2O2/c1-3-5-7-9-11-13-15-23-33-27-21-20-26(28(30)29(27)31)24-16-18-25(19-17-24)32-22-14-12-10-8-6-4-2/h16-21H,3-15,22-23H2,1-2H3. The van der Waals surface area contributed by atoms with Gasteiger partial charge in [-0.2, -0.15) is 4.39 Å². The first kappa shape index (κ1) is 27.1. The smallest absolute Gasteiger partial charge is 0.201 e. The van der Waals surface area contributed by atoms with E-state index in [1.165, 1.54) is 63.9 Å². The van der Waals surface area contributed by atoms with Crippen molar-refractivity contribution in [3.63, 3.8) is 0 Å². The van der Waals surface area contributed by atoms with Gasteiger partial charge in [-0.15, -0.1) is 0 Å². The van der Waals surface area contributed by atoms with Crippen LogP contribution >= 0.6 is 0 Å². The van der Waals surface area contributed by atoms with Crippen molar-refractivity contribution < 1.29 is 18.3 Å². The second-order valence-electron chi connectivity index (χ2n) is 8.85. The topological polar surface area (TPSA) is 18.5 Å². The van der Waals surface area contributed by atoms with E-state index >= 15 is 0 Å². The Morgan fingerprint density at radius 3 is 1.64 bits per heavy atom. The molecular formula is C29H42F2O2. The van der Waals surface area contributed by atoms with E-state index in [9.17, 15) is 8.78 Å². The van der Waals surface area contributed by atoms with Crippen molar-refractivity contribution in [2.24, 2.45) is 0 Å². The van der Waals surface area contributed by atoms with E-state index in [0.29, 0.717) is 18.8 Å². The molecule has 2 aromatic rings. The second-order valence-corrected chi connectivity index (χ2v) is 8.85. The summed E-state index contributed by atoms with van der Waals surface area (Å²) < 4.78 is 40.5. The molecule has 0 fully saturated rings. The Balaban J connectivity index is 1.78. The first-order valence-corrected chi connectivity index (χ1v) is 13.0. The molecule has 33 heavy (non-hydrogen) atoms. The highest BCUT2D eigenvalue weighted by atomic mass is 19.2. The van der Waals surface area contributed by atoms with Crippen LogP contribution in [-0.2, 0) is 0 Å². The Hall–Kier alpha value is -2.10. The molecule has 0 amide bonds. The maximum atomic E-state index is 14.7. The van der Waals surface area contributed by atoms with Gasteiger partial charge in [0.25, 0.3) is 0 Å². The van der Waals surface area contributed by atoms with Gasteiger partial charge in [0, 0.05) is 5.56 Å². The Bertz CT molecular complexity index is 774. The predicted octanol–water partition coefficient (Wildman–Crippen LogP) is 9.50. The van der Waals surface area contributed by atoms with Crippen LogP contribution in [-0.4, -0.2) is 13.2 Å². The van der Waals surface area contributed by atoms with Crippen molar-refractivity contribution in [3.8, 4) is 22.6 Å². The maximum Gasteiger partial charge on any atom is 0.201 e. The fourth-order valence-corrected chi connectivity index (χ4v) is 3.91.